The molecule has 0 unspecified atom stereocenters. The predicted molar refractivity (Wildman–Crippen MR) is 74.9 cm³/mol. The Bertz CT molecular complexity index is 593. The molecule has 0 radical (unpaired) electrons. The summed E-state index contributed by atoms with van der Waals surface area (Å²) >= 11 is 0. The Morgan fingerprint density at radius 2 is 1.85 bits per heavy atom. The van der Waals surface area contributed by atoms with Gasteiger partial charge in [-0.1, -0.05) is 6.92 Å². The number of aromatic nitrogens is 1. The van der Waals surface area contributed by atoms with Crippen molar-refractivity contribution in [2.24, 2.45) is 0 Å². The maximum absolute atomic E-state index is 12.6. The molecule has 0 aliphatic rings. The van der Waals surface area contributed by atoms with Gasteiger partial charge >= 0.3 is 6.18 Å². The fraction of sp³-hybridized carbons (Fsp3) is 0.400. The highest BCUT2D eigenvalue weighted by atomic mass is 19.4. The van der Waals surface area contributed by atoms with Crippen LogP contribution in [-0.2, 0) is 6.18 Å². The normalized spacial score (nSPS) is 11.8. The number of nitrogens with zero attached hydrogens (tertiary/aromatic N) is 2. The van der Waals surface area contributed by atoms with E-state index in [1.807, 2.05) is 6.92 Å². The minimum atomic E-state index is -4.31. The fourth-order valence-electron chi connectivity index (χ4n) is 2.17. The van der Waals surface area contributed by atoms with E-state index in [0.29, 0.717) is 10.9 Å². The van der Waals surface area contributed by atoms with Gasteiger partial charge in [-0.15, -0.1) is 0 Å². The summed E-state index contributed by atoms with van der Waals surface area (Å²) in [5, 5.41) is 0.510. The summed E-state index contributed by atoms with van der Waals surface area (Å²) < 4.78 is 37.9. The maximum atomic E-state index is 12.6. The average Bonchev–Trinajstić information content (AvgIpc) is 2.42. The number of hydrogen-bond acceptors (Lipinski definition) is 2. The third kappa shape index (κ3) is 3.03. The molecule has 0 spiro atoms. The van der Waals surface area contributed by atoms with Crippen molar-refractivity contribution in [2.75, 3.05) is 18.0 Å². The van der Waals surface area contributed by atoms with Crippen LogP contribution in [-0.4, -0.2) is 18.1 Å². The van der Waals surface area contributed by atoms with E-state index in [1.54, 1.807) is 12.1 Å². The molecule has 0 amide bonds. The van der Waals surface area contributed by atoms with E-state index in [1.165, 1.54) is 6.07 Å². The number of halogens is 3. The molecule has 0 saturated carbocycles. The van der Waals surface area contributed by atoms with Crippen molar-refractivity contribution < 1.29 is 13.2 Å². The lowest BCUT2D eigenvalue weighted by atomic mass is 10.1. The second-order valence-corrected chi connectivity index (χ2v) is 4.65. The van der Waals surface area contributed by atoms with Crippen LogP contribution in [0.4, 0.5) is 19.0 Å². The van der Waals surface area contributed by atoms with Crippen molar-refractivity contribution in [1.82, 2.24) is 4.98 Å². The van der Waals surface area contributed by atoms with Crippen molar-refractivity contribution >= 4 is 16.7 Å². The first kappa shape index (κ1) is 14.6. The summed E-state index contributed by atoms with van der Waals surface area (Å²) in [6.45, 7) is 5.83. The van der Waals surface area contributed by atoms with Gasteiger partial charge in [0.15, 0.2) is 0 Å². The van der Waals surface area contributed by atoms with E-state index >= 15 is 0 Å². The van der Waals surface area contributed by atoms with Gasteiger partial charge in [-0.3, -0.25) is 0 Å². The zero-order chi connectivity index (χ0) is 14.8. The molecule has 2 rings (SSSR count). The molecule has 20 heavy (non-hydrogen) atoms. The Labute approximate surface area is 116 Å². The van der Waals surface area contributed by atoms with E-state index in [-0.39, 0.29) is 0 Å². The largest absolute Gasteiger partial charge is 0.416 e. The second-order valence-electron chi connectivity index (χ2n) is 4.65. The van der Waals surface area contributed by atoms with Crippen LogP contribution in [0.2, 0.25) is 0 Å². The quantitative estimate of drug-likeness (QED) is 0.821. The maximum Gasteiger partial charge on any atom is 0.416 e. The van der Waals surface area contributed by atoms with Crippen molar-refractivity contribution in [2.45, 2.75) is 26.4 Å². The molecule has 0 aliphatic carbocycles. The molecule has 0 aliphatic heterocycles. The lowest BCUT2D eigenvalue weighted by Gasteiger charge is -2.21. The van der Waals surface area contributed by atoms with Gasteiger partial charge in [0.2, 0.25) is 0 Å². The number of alkyl halides is 3. The number of hydrogen-bond donors (Lipinski definition) is 0. The number of fused-ring (bicyclic) bond motifs is 1. The zero-order valence-corrected chi connectivity index (χ0v) is 11.5. The van der Waals surface area contributed by atoms with Crippen molar-refractivity contribution in [3.63, 3.8) is 0 Å². The summed E-state index contributed by atoms with van der Waals surface area (Å²) in [6, 6.07) is 7.13. The SMILES string of the molecule is CCCN(CC)c1ccc2cc(C(F)(F)F)ccc2n1. The lowest BCUT2D eigenvalue weighted by Crippen LogP contribution is -2.24. The molecule has 2 aromatic rings. The molecule has 0 fully saturated rings. The first-order valence-electron chi connectivity index (χ1n) is 6.68. The van der Waals surface area contributed by atoms with Gasteiger partial charge in [0, 0.05) is 18.5 Å². The average molecular weight is 282 g/mol. The minimum Gasteiger partial charge on any atom is -0.357 e. The Morgan fingerprint density at radius 1 is 1.10 bits per heavy atom. The zero-order valence-electron chi connectivity index (χ0n) is 11.5. The monoisotopic (exact) mass is 282 g/mol. The Hall–Kier alpha value is -1.78. The van der Waals surface area contributed by atoms with Crippen LogP contribution < -0.4 is 4.90 Å². The Kier molecular flexibility index (Phi) is 4.16. The van der Waals surface area contributed by atoms with Crippen molar-refractivity contribution in [1.29, 1.82) is 0 Å². The molecule has 0 bridgehead atoms. The minimum absolute atomic E-state index is 0.510. The molecular formula is C15H17F3N2. The molecule has 108 valence electrons. The number of benzene rings is 1. The third-order valence-corrected chi connectivity index (χ3v) is 3.20. The third-order valence-electron chi connectivity index (χ3n) is 3.20. The molecule has 1 heterocycles. The van der Waals surface area contributed by atoms with Gasteiger partial charge in [-0.25, -0.2) is 4.98 Å². The van der Waals surface area contributed by atoms with E-state index in [9.17, 15) is 13.2 Å². The van der Waals surface area contributed by atoms with E-state index < -0.39 is 11.7 Å². The molecule has 0 atom stereocenters. The Balaban J connectivity index is 2.41. The van der Waals surface area contributed by atoms with Gasteiger partial charge < -0.3 is 4.90 Å². The van der Waals surface area contributed by atoms with Crippen LogP contribution in [0.3, 0.4) is 0 Å². The van der Waals surface area contributed by atoms with E-state index in [2.05, 4.69) is 16.8 Å². The van der Waals surface area contributed by atoms with Crippen LogP contribution in [0.25, 0.3) is 10.9 Å². The highest BCUT2D eigenvalue weighted by molar-refractivity contribution is 5.81. The van der Waals surface area contributed by atoms with Gasteiger partial charge in [0.1, 0.15) is 5.82 Å². The first-order chi connectivity index (χ1) is 9.45. The van der Waals surface area contributed by atoms with Crippen LogP contribution in [0.5, 0.6) is 0 Å². The van der Waals surface area contributed by atoms with Crippen molar-refractivity contribution in [3.05, 3.63) is 35.9 Å². The van der Waals surface area contributed by atoms with E-state index in [0.717, 1.165) is 37.5 Å². The van der Waals surface area contributed by atoms with Crippen molar-refractivity contribution in [3.8, 4) is 0 Å². The summed E-state index contributed by atoms with van der Waals surface area (Å²) in [4.78, 5) is 6.55. The molecule has 1 aromatic heterocycles. The smallest absolute Gasteiger partial charge is 0.357 e. The van der Waals surface area contributed by atoms with Crippen LogP contribution in [0, 0.1) is 0 Å². The standard InChI is InChI=1S/C15H17F3N2/c1-3-9-20(4-2)14-8-5-11-10-12(15(16,17)18)6-7-13(11)19-14/h5-8,10H,3-4,9H2,1-2H3. The Morgan fingerprint density at radius 3 is 2.45 bits per heavy atom. The second kappa shape index (κ2) is 5.69. The fourth-order valence-corrected chi connectivity index (χ4v) is 2.17. The highest BCUT2D eigenvalue weighted by Gasteiger charge is 2.30. The van der Waals surface area contributed by atoms with Gasteiger partial charge in [0.05, 0.1) is 11.1 Å². The number of pyridine rings is 1. The molecule has 0 saturated heterocycles. The summed E-state index contributed by atoms with van der Waals surface area (Å²) in [5.41, 5.74) is -0.0505. The summed E-state index contributed by atoms with van der Waals surface area (Å²) in [6.07, 6.45) is -3.31. The van der Waals surface area contributed by atoms with Gasteiger partial charge in [-0.05, 0) is 43.7 Å². The first-order valence-corrected chi connectivity index (χ1v) is 6.68. The number of rotatable bonds is 4. The molecule has 5 heteroatoms. The molecule has 0 N–H and O–H groups in total. The molecule has 2 nitrogen and oxygen atoms in total. The molecular weight excluding hydrogens is 265 g/mol. The van der Waals surface area contributed by atoms with Gasteiger partial charge in [0.25, 0.3) is 0 Å². The van der Waals surface area contributed by atoms with Crippen LogP contribution >= 0.6 is 0 Å². The van der Waals surface area contributed by atoms with E-state index in [4.69, 9.17) is 0 Å². The van der Waals surface area contributed by atoms with Crippen LogP contribution in [0.1, 0.15) is 25.8 Å². The summed E-state index contributed by atoms with van der Waals surface area (Å²) in [5.74, 6) is 0.807. The van der Waals surface area contributed by atoms with Gasteiger partial charge in [-0.2, -0.15) is 13.2 Å². The molecule has 1 aromatic carbocycles. The highest BCUT2D eigenvalue weighted by Crippen LogP contribution is 2.31. The number of anilines is 1. The lowest BCUT2D eigenvalue weighted by molar-refractivity contribution is -0.137. The van der Waals surface area contributed by atoms with Crippen LogP contribution in [0.15, 0.2) is 30.3 Å². The predicted octanol–water partition coefficient (Wildman–Crippen LogP) is 4.49. The summed E-state index contributed by atoms with van der Waals surface area (Å²) in [7, 11) is 0. The topological polar surface area (TPSA) is 16.1 Å².